The molecule has 0 spiro atoms. The van der Waals surface area contributed by atoms with Crippen LogP contribution in [0.4, 0.5) is 11.8 Å². The summed E-state index contributed by atoms with van der Waals surface area (Å²) in [5.41, 5.74) is 2.56. The van der Waals surface area contributed by atoms with Crippen molar-refractivity contribution in [1.29, 1.82) is 0 Å². The number of halogens is 1. The molecule has 4 heterocycles. The largest absolute Gasteiger partial charge is 0.391 e. The standard InChI is InChI=1S/C20H23BrN8O/c1-12(30)15-8-4-5-9-28(15)20-26-18(19-23-10-16(21)29(19)27-20)22-11-17-24-13-6-2-3-7-14(13)25-17/h2-3,6-7,10,12,15,30H,4-5,8-9,11H2,1H3,(H,24,25)(H,22,26,27)/t12?,15-/m0/s1. The number of imidazole rings is 2. The highest BCUT2D eigenvalue weighted by Gasteiger charge is 2.29. The Bertz CT molecular complexity index is 1150. The number of aliphatic hydroxyl groups is 1. The number of benzene rings is 1. The van der Waals surface area contributed by atoms with Crippen LogP contribution in [0.15, 0.2) is 35.1 Å². The number of hydrogen-bond donors (Lipinski definition) is 3. The average molecular weight is 471 g/mol. The van der Waals surface area contributed by atoms with Crippen molar-refractivity contribution in [2.24, 2.45) is 0 Å². The highest BCUT2D eigenvalue weighted by atomic mass is 79.9. The van der Waals surface area contributed by atoms with E-state index in [1.807, 2.05) is 31.2 Å². The molecule has 1 aliphatic rings. The lowest BCUT2D eigenvalue weighted by atomic mass is 9.99. The zero-order chi connectivity index (χ0) is 20.7. The van der Waals surface area contributed by atoms with Crippen molar-refractivity contribution in [3.05, 3.63) is 40.9 Å². The van der Waals surface area contributed by atoms with Crippen molar-refractivity contribution in [2.45, 2.75) is 44.9 Å². The molecule has 0 radical (unpaired) electrons. The smallest absolute Gasteiger partial charge is 0.246 e. The third kappa shape index (κ3) is 3.50. The first kappa shape index (κ1) is 19.3. The molecule has 156 valence electrons. The Kier molecular flexibility index (Phi) is 5.03. The van der Waals surface area contributed by atoms with E-state index in [0.717, 1.165) is 47.3 Å². The second kappa shape index (κ2) is 7.84. The van der Waals surface area contributed by atoms with Gasteiger partial charge in [-0.25, -0.2) is 9.97 Å². The number of piperidine rings is 1. The summed E-state index contributed by atoms with van der Waals surface area (Å²) in [6.45, 7) is 3.12. The lowest BCUT2D eigenvalue weighted by molar-refractivity contribution is 0.144. The van der Waals surface area contributed by atoms with Crippen molar-refractivity contribution in [1.82, 2.24) is 29.5 Å². The van der Waals surface area contributed by atoms with Crippen LogP contribution in [0.5, 0.6) is 0 Å². The number of aromatic amines is 1. The van der Waals surface area contributed by atoms with Gasteiger partial charge >= 0.3 is 0 Å². The lowest BCUT2D eigenvalue weighted by Crippen LogP contribution is -2.47. The molecule has 1 unspecified atom stereocenters. The van der Waals surface area contributed by atoms with E-state index in [0.29, 0.717) is 24.0 Å². The van der Waals surface area contributed by atoms with Gasteiger partial charge < -0.3 is 20.3 Å². The monoisotopic (exact) mass is 470 g/mol. The molecule has 1 aromatic carbocycles. The first-order valence-corrected chi connectivity index (χ1v) is 10.9. The predicted molar refractivity (Wildman–Crippen MR) is 119 cm³/mol. The number of hydrogen-bond acceptors (Lipinski definition) is 7. The van der Waals surface area contributed by atoms with Crippen LogP contribution in [0.1, 0.15) is 32.0 Å². The second-order valence-electron chi connectivity index (χ2n) is 7.63. The van der Waals surface area contributed by atoms with Crippen LogP contribution in [0, 0.1) is 0 Å². The zero-order valence-electron chi connectivity index (χ0n) is 16.6. The van der Waals surface area contributed by atoms with Crippen molar-refractivity contribution in [3.8, 4) is 0 Å². The highest BCUT2D eigenvalue weighted by Crippen LogP contribution is 2.27. The number of anilines is 2. The van der Waals surface area contributed by atoms with Gasteiger partial charge in [-0.15, -0.1) is 5.10 Å². The molecule has 1 fully saturated rings. The SMILES string of the molecule is CC(O)[C@@H]1CCCCN1c1nc(NCc2nc3ccccc3[nH]2)c2ncc(Br)n2n1. The number of H-pyrrole nitrogens is 1. The molecule has 1 aliphatic heterocycles. The molecule has 0 bridgehead atoms. The van der Waals surface area contributed by atoms with Crippen molar-refractivity contribution in [2.75, 3.05) is 16.8 Å². The van der Waals surface area contributed by atoms with Crippen LogP contribution in [0.2, 0.25) is 0 Å². The van der Waals surface area contributed by atoms with E-state index in [9.17, 15) is 5.11 Å². The van der Waals surface area contributed by atoms with E-state index in [2.05, 4.69) is 46.2 Å². The fourth-order valence-corrected chi connectivity index (χ4v) is 4.40. The van der Waals surface area contributed by atoms with Gasteiger partial charge in [-0.05, 0) is 54.2 Å². The van der Waals surface area contributed by atoms with Gasteiger partial charge in [0.05, 0.1) is 35.9 Å². The van der Waals surface area contributed by atoms with Crippen LogP contribution in [0.3, 0.4) is 0 Å². The zero-order valence-corrected chi connectivity index (χ0v) is 18.2. The average Bonchev–Trinajstić information content (AvgIpc) is 3.35. The van der Waals surface area contributed by atoms with Crippen molar-refractivity contribution < 1.29 is 5.11 Å². The molecule has 1 saturated heterocycles. The summed E-state index contributed by atoms with van der Waals surface area (Å²) in [7, 11) is 0. The number of fused-ring (bicyclic) bond motifs is 2. The Morgan fingerprint density at radius 3 is 3.00 bits per heavy atom. The molecule has 10 heteroatoms. The van der Waals surface area contributed by atoms with Gasteiger partial charge in [-0.3, -0.25) is 0 Å². The van der Waals surface area contributed by atoms with Crippen LogP contribution in [-0.4, -0.2) is 53.3 Å². The third-order valence-electron chi connectivity index (χ3n) is 5.53. The molecular formula is C20H23BrN8O. The van der Waals surface area contributed by atoms with Crippen molar-refractivity contribution >= 4 is 44.4 Å². The molecule has 4 aromatic rings. The van der Waals surface area contributed by atoms with Crippen LogP contribution in [0.25, 0.3) is 16.7 Å². The number of aliphatic hydroxyl groups excluding tert-OH is 1. The fourth-order valence-electron chi connectivity index (χ4n) is 4.05. The van der Waals surface area contributed by atoms with E-state index >= 15 is 0 Å². The van der Waals surface area contributed by atoms with Crippen LogP contribution >= 0.6 is 15.9 Å². The summed E-state index contributed by atoms with van der Waals surface area (Å²) in [6, 6.07) is 7.94. The molecule has 9 nitrogen and oxygen atoms in total. The summed E-state index contributed by atoms with van der Waals surface area (Å²) in [6.07, 6.45) is 4.33. The second-order valence-corrected chi connectivity index (χ2v) is 8.44. The summed E-state index contributed by atoms with van der Waals surface area (Å²) >= 11 is 3.52. The minimum atomic E-state index is -0.456. The molecule has 0 amide bonds. The number of rotatable bonds is 5. The van der Waals surface area contributed by atoms with Gasteiger partial charge in [0.25, 0.3) is 0 Å². The van der Waals surface area contributed by atoms with Crippen LogP contribution < -0.4 is 10.2 Å². The summed E-state index contributed by atoms with van der Waals surface area (Å²) in [5, 5.41) is 18.3. The molecule has 0 aliphatic carbocycles. The molecule has 5 rings (SSSR count). The normalized spacial score (nSPS) is 18.2. The predicted octanol–water partition coefficient (Wildman–Crippen LogP) is 3.11. The van der Waals surface area contributed by atoms with Gasteiger partial charge in [0.2, 0.25) is 5.95 Å². The fraction of sp³-hybridized carbons (Fsp3) is 0.400. The summed E-state index contributed by atoms with van der Waals surface area (Å²) in [5.74, 6) is 2.03. The minimum absolute atomic E-state index is 0.00159. The molecule has 0 saturated carbocycles. The third-order valence-corrected chi connectivity index (χ3v) is 6.07. The van der Waals surface area contributed by atoms with E-state index in [1.54, 1.807) is 10.7 Å². The van der Waals surface area contributed by atoms with Gasteiger partial charge in [0.1, 0.15) is 10.4 Å². The maximum absolute atomic E-state index is 10.3. The number of nitrogens with zero attached hydrogens (tertiary/aromatic N) is 6. The first-order chi connectivity index (χ1) is 14.6. The van der Waals surface area contributed by atoms with Gasteiger partial charge in [-0.1, -0.05) is 12.1 Å². The Morgan fingerprint density at radius 2 is 2.17 bits per heavy atom. The minimum Gasteiger partial charge on any atom is -0.391 e. The van der Waals surface area contributed by atoms with E-state index in [4.69, 9.17) is 4.98 Å². The van der Waals surface area contributed by atoms with Gasteiger partial charge in [0.15, 0.2) is 11.5 Å². The Morgan fingerprint density at radius 1 is 1.30 bits per heavy atom. The van der Waals surface area contributed by atoms with Crippen LogP contribution in [-0.2, 0) is 6.54 Å². The number of para-hydroxylation sites is 2. The summed E-state index contributed by atoms with van der Waals surface area (Å²) in [4.78, 5) is 19.3. The van der Waals surface area contributed by atoms with E-state index in [-0.39, 0.29) is 6.04 Å². The quantitative estimate of drug-likeness (QED) is 0.411. The molecule has 30 heavy (non-hydrogen) atoms. The van der Waals surface area contributed by atoms with Gasteiger partial charge in [0, 0.05) is 6.54 Å². The van der Waals surface area contributed by atoms with Gasteiger partial charge in [-0.2, -0.15) is 9.50 Å². The molecule has 3 aromatic heterocycles. The number of aromatic nitrogens is 6. The summed E-state index contributed by atoms with van der Waals surface area (Å²) < 4.78 is 2.48. The first-order valence-electron chi connectivity index (χ1n) is 10.1. The topological polar surface area (TPSA) is 107 Å². The Labute approximate surface area is 181 Å². The molecular weight excluding hydrogens is 448 g/mol. The Hall–Kier alpha value is -2.72. The molecule has 3 N–H and O–H groups in total. The number of nitrogens with one attached hydrogen (secondary N) is 2. The van der Waals surface area contributed by atoms with E-state index in [1.165, 1.54) is 0 Å². The maximum Gasteiger partial charge on any atom is 0.246 e. The maximum atomic E-state index is 10.3. The Balaban J connectivity index is 1.49. The van der Waals surface area contributed by atoms with E-state index < -0.39 is 6.10 Å². The lowest BCUT2D eigenvalue weighted by Gasteiger charge is -2.37. The highest BCUT2D eigenvalue weighted by molar-refractivity contribution is 9.10. The van der Waals surface area contributed by atoms with Crippen molar-refractivity contribution in [3.63, 3.8) is 0 Å². The molecule has 2 atom stereocenters.